The van der Waals surface area contributed by atoms with Crippen molar-refractivity contribution in [3.8, 4) is 0 Å². The van der Waals surface area contributed by atoms with Gasteiger partial charge in [0.1, 0.15) is 0 Å². The van der Waals surface area contributed by atoms with E-state index < -0.39 is 0 Å². The topological polar surface area (TPSA) is 29.3 Å². The van der Waals surface area contributed by atoms with Crippen molar-refractivity contribution in [2.45, 2.75) is 90.1 Å². The zero-order chi connectivity index (χ0) is 13.9. The highest BCUT2D eigenvalue weighted by Gasteiger charge is 2.46. The van der Waals surface area contributed by atoms with Gasteiger partial charge in [0.2, 0.25) is 0 Å². The van der Waals surface area contributed by atoms with E-state index in [4.69, 9.17) is 5.73 Å². The minimum Gasteiger partial charge on any atom is -0.329 e. The molecule has 0 aromatic heterocycles. The van der Waals surface area contributed by atoms with Crippen LogP contribution >= 0.6 is 0 Å². The molecule has 2 rings (SSSR count). The molecule has 0 aliphatic heterocycles. The molecule has 19 heavy (non-hydrogen) atoms. The largest absolute Gasteiger partial charge is 0.329 e. The Morgan fingerprint density at radius 3 is 2.00 bits per heavy atom. The van der Waals surface area contributed by atoms with Crippen molar-refractivity contribution >= 4 is 0 Å². The summed E-state index contributed by atoms with van der Waals surface area (Å²) in [4.78, 5) is 2.72. The van der Waals surface area contributed by atoms with Gasteiger partial charge >= 0.3 is 0 Å². The Morgan fingerprint density at radius 1 is 1.00 bits per heavy atom. The first-order chi connectivity index (χ1) is 9.11. The summed E-state index contributed by atoms with van der Waals surface area (Å²) in [6.45, 7) is 8.99. The molecule has 1 spiro atoms. The fourth-order valence-corrected chi connectivity index (χ4v) is 4.81. The van der Waals surface area contributed by atoms with E-state index in [0.717, 1.165) is 13.1 Å². The Hall–Kier alpha value is -0.0800. The lowest BCUT2D eigenvalue weighted by molar-refractivity contribution is -0.00713. The number of rotatable bonds is 5. The van der Waals surface area contributed by atoms with Crippen molar-refractivity contribution < 1.29 is 0 Å². The van der Waals surface area contributed by atoms with Crippen LogP contribution in [0.5, 0.6) is 0 Å². The molecule has 0 saturated heterocycles. The standard InChI is InChI=1S/C17H34N2/c1-4-15(3)19(5-2)17(14-18)12-10-16(11-13-17)8-6-7-9-16/h15H,4-14,18H2,1-3H3. The van der Waals surface area contributed by atoms with Crippen molar-refractivity contribution in [2.75, 3.05) is 13.1 Å². The van der Waals surface area contributed by atoms with E-state index in [2.05, 4.69) is 25.7 Å². The third-order valence-electron chi connectivity index (χ3n) is 6.36. The lowest BCUT2D eigenvalue weighted by Gasteiger charge is -2.52. The highest BCUT2D eigenvalue weighted by atomic mass is 15.2. The number of nitrogens with two attached hydrogens (primary N) is 1. The van der Waals surface area contributed by atoms with Gasteiger partial charge in [0, 0.05) is 18.1 Å². The highest BCUT2D eigenvalue weighted by molar-refractivity contribution is 5.02. The van der Waals surface area contributed by atoms with Crippen LogP contribution in [0, 0.1) is 5.41 Å². The van der Waals surface area contributed by atoms with E-state index in [1.807, 2.05) is 0 Å². The maximum absolute atomic E-state index is 6.25. The van der Waals surface area contributed by atoms with Crippen LogP contribution in [0.25, 0.3) is 0 Å². The lowest BCUT2D eigenvalue weighted by Crippen LogP contribution is -2.59. The Morgan fingerprint density at radius 2 is 1.58 bits per heavy atom. The minimum absolute atomic E-state index is 0.304. The zero-order valence-electron chi connectivity index (χ0n) is 13.4. The summed E-state index contributed by atoms with van der Waals surface area (Å²) in [5.41, 5.74) is 7.27. The molecule has 0 radical (unpaired) electrons. The Kier molecular flexibility index (Phi) is 4.94. The van der Waals surface area contributed by atoms with Crippen molar-refractivity contribution in [1.29, 1.82) is 0 Å². The molecule has 2 heteroatoms. The quantitative estimate of drug-likeness (QED) is 0.816. The monoisotopic (exact) mass is 266 g/mol. The maximum Gasteiger partial charge on any atom is 0.0334 e. The molecule has 2 aliphatic carbocycles. The van der Waals surface area contributed by atoms with Crippen LogP contribution < -0.4 is 5.73 Å². The molecule has 2 N–H and O–H groups in total. The van der Waals surface area contributed by atoms with Crippen LogP contribution in [-0.4, -0.2) is 29.6 Å². The molecular weight excluding hydrogens is 232 g/mol. The third kappa shape index (κ3) is 2.85. The van der Waals surface area contributed by atoms with Crippen molar-refractivity contribution in [2.24, 2.45) is 11.1 Å². The first-order valence-electron chi connectivity index (χ1n) is 8.58. The van der Waals surface area contributed by atoms with Gasteiger partial charge in [-0.3, -0.25) is 4.90 Å². The van der Waals surface area contributed by atoms with Crippen LogP contribution in [0.3, 0.4) is 0 Å². The number of hydrogen-bond donors (Lipinski definition) is 1. The van der Waals surface area contributed by atoms with Gasteiger partial charge in [-0.25, -0.2) is 0 Å². The summed E-state index contributed by atoms with van der Waals surface area (Å²) < 4.78 is 0. The second-order valence-electron chi connectivity index (χ2n) is 7.18. The Labute approximate surface area is 120 Å². The SMILES string of the molecule is CCC(C)N(CC)C1(CN)CCC2(CCCC2)CC1. The average molecular weight is 266 g/mol. The number of hydrogen-bond acceptors (Lipinski definition) is 2. The van der Waals surface area contributed by atoms with Crippen LogP contribution in [0.2, 0.25) is 0 Å². The van der Waals surface area contributed by atoms with E-state index >= 15 is 0 Å². The first-order valence-corrected chi connectivity index (χ1v) is 8.58. The summed E-state index contributed by atoms with van der Waals surface area (Å²) in [5, 5.41) is 0. The normalized spacial score (nSPS) is 27.0. The summed E-state index contributed by atoms with van der Waals surface area (Å²) in [7, 11) is 0. The van der Waals surface area contributed by atoms with E-state index in [1.54, 1.807) is 0 Å². The van der Waals surface area contributed by atoms with E-state index in [1.165, 1.54) is 57.8 Å². The van der Waals surface area contributed by atoms with Crippen molar-refractivity contribution in [3.63, 3.8) is 0 Å². The predicted molar refractivity (Wildman–Crippen MR) is 83.3 cm³/mol. The van der Waals surface area contributed by atoms with Crippen LogP contribution in [-0.2, 0) is 0 Å². The second-order valence-corrected chi connectivity index (χ2v) is 7.18. The van der Waals surface area contributed by atoms with Crippen LogP contribution in [0.1, 0.15) is 78.6 Å². The van der Waals surface area contributed by atoms with Crippen molar-refractivity contribution in [1.82, 2.24) is 4.90 Å². The van der Waals surface area contributed by atoms with Gasteiger partial charge in [-0.15, -0.1) is 0 Å². The molecule has 0 aromatic rings. The van der Waals surface area contributed by atoms with Gasteiger partial charge in [-0.05, 0) is 63.8 Å². The molecule has 2 saturated carbocycles. The van der Waals surface area contributed by atoms with E-state index in [0.29, 0.717) is 17.0 Å². The highest BCUT2D eigenvalue weighted by Crippen LogP contribution is 2.52. The molecule has 0 heterocycles. The molecule has 1 atom stereocenters. The number of nitrogens with zero attached hydrogens (tertiary/aromatic N) is 1. The van der Waals surface area contributed by atoms with E-state index in [-0.39, 0.29) is 0 Å². The first kappa shape index (κ1) is 15.3. The molecule has 0 bridgehead atoms. The van der Waals surface area contributed by atoms with Crippen LogP contribution in [0.4, 0.5) is 0 Å². The molecule has 112 valence electrons. The van der Waals surface area contributed by atoms with E-state index in [9.17, 15) is 0 Å². The summed E-state index contributed by atoms with van der Waals surface area (Å²) >= 11 is 0. The van der Waals surface area contributed by atoms with Gasteiger partial charge in [0.05, 0.1) is 0 Å². The van der Waals surface area contributed by atoms with Gasteiger partial charge in [0.25, 0.3) is 0 Å². The Bertz CT molecular complexity index is 271. The molecule has 2 aliphatic rings. The van der Waals surface area contributed by atoms with Crippen molar-refractivity contribution in [3.05, 3.63) is 0 Å². The van der Waals surface area contributed by atoms with Gasteiger partial charge in [-0.1, -0.05) is 26.7 Å². The lowest BCUT2D eigenvalue weighted by atomic mass is 9.65. The smallest absolute Gasteiger partial charge is 0.0334 e. The molecule has 0 aromatic carbocycles. The molecule has 1 unspecified atom stereocenters. The molecular formula is C17H34N2. The third-order valence-corrected chi connectivity index (χ3v) is 6.36. The van der Waals surface area contributed by atoms with Gasteiger partial charge < -0.3 is 5.73 Å². The number of likely N-dealkylation sites (N-methyl/N-ethyl adjacent to an activating group) is 1. The second kappa shape index (κ2) is 6.13. The predicted octanol–water partition coefficient (Wildman–Crippen LogP) is 3.94. The molecule has 2 nitrogen and oxygen atoms in total. The summed E-state index contributed by atoms with van der Waals surface area (Å²) in [6, 6.07) is 0.672. The Balaban J connectivity index is 2.07. The minimum atomic E-state index is 0.304. The van der Waals surface area contributed by atoms with Crippen LogP contribution in [0.15, 0.2) is 0 Å². The average Bonchev–Trinajstić information content (AvgIpc) is 2.90. The summed E-state index contributed by atoms with van der Waals surface area (Å²) in [5.74, 6) is 0. The maximum atomic E-state index is 6.25. The van der Waals surface area contributed by atoms with Gasteiger partial charge in [-0.2, -0.15) is 0 Å². The zero-order valence-corrected chi connectivity index (χ0v) is 13.4. The van der Waals surface area contributed by atoms with Gasteiger partial charge in [0.15, 0.2) is 0 Å². The molecule has 0 amide bonds. The summed E-state index contributed by atoms with van der Waals surface area (Å²) in [6.07, 6.45) is 12.7. The molecule has 2 fully saturated rings. The fraction of sp³-hybridized carbons (Fsp3) is 1.00. The fourth-order valence-electron chi connectivity index (χ4n) is 4.81.